The summed E-state index contributed by atoms with van der Waals surface area (Å²) in [6.07, 6.45) is -3.81. The Hall–Kier alpha value is -2.66. The number of nitrogens with zero attached hydrogens (tertiary/aromatic N) is 5. The molecule has 1 aliphatic heterocycles. The van der Waals surface area contributed by atoms with Crippen molar-refractivity contribution < 1.29 is 22.7 Å². The molecule has 0 aliphatic carbocycles. The summed E-state index contributed by atoms with van der Waals surface area (Å²) in [6.45, 7) is 0.945. The normalized spacial score (nSPS) is 18.2. The van der Waals surface area contributed by atoms with Crippen molar-refractivity contribution in [1.82, 2.24) is 30.7 Å². The molecule has 24 heavy (non-hydrogen) atoms. The fourth-order valence-corrected chi connectivity index (χ4v) is 2.50. The smallest absolute Gasteiger partial charge is 0.422 e. The Kier molecular flexibility index (Phi) is 4.11. The van der Waals surface area contributed by atoms with Crippen LogP contribution in [0.2, 0.25) is 0 Å². The van der Waals surface area contributed by atoms with Crippen molar-refractivity contribution in [3.8, 4) is 6.01 Å². The molecular formula is C12H14F3N7O2. The molecule has 1 aliphatic rings. The van der Waals surface area contributed by atoms with Gasteiger partial charge in [0.1, 0.15) is 0 Å². The number of carbonyl (C=O) groups excluding carboxylic acids is 1. The van der Waals surface area contributed by atoms with Crippen LogP contribution in [-0.2, 0) is 4.79 Å². The van der Waals surface area contributed by atoms with Crippen molar-refractivity contribution in [1.29, 1.82) is 0 Å². The number of carbonyl (C=O) groups is 1. The predicted octanol–water partition coefficient (Wildman–Crippen LogP) is 0.404. The van der Waals surface area contributed by atoms with E-state index in [0.29, 0.717) is 30.8 Å². The van der Waals surface area contributed by atoms with Gasteiger partial charge in [0.2, 0.25) is 5.91 Å². The highest BCUT2D eigenvalue weighted by Gasteiger charge is 2.30. The number of fused-ring (bicyclic) bond motifs is 1. The SMILES string of the molecule is CC(=O)NC1CCN(c2nc(OCC(F)(F)F)nc3[nH]nnc23)C1. The van der Waals surface area contributed by atoms with Crippen LogP contribution in [0.25, 0.3) is 11.2 Å². The molecule has 0 bridgehead atoms. The van der Waals surface area contributed by atoms with Gasteiger partial charge in [-0.2, -0.15) is 23.1 Å². The van der Waals surface area contributed by atoms with E-state index in [1.807, 2.05) is 0 Å². The van der Waals surface area contributed by atoms with Gasteiger partial charge in [-0.1, -0.05) is 5.21 Å². The topological polar surface area (TPSA) is 109 Å². The maximum atomic E-state index is 12.3. The first-order valence-electron chi connectivity index (χ1n) is 7.12. The van der Waals surface area contributed by atoms with Crippen molar-refractivity contribution in [2.45, 2.75) is 25.6 Å². The highest BCUT2D eigenvalue weighted by Crippen LogP contribution is 2.27. The van der Waals surface area contributed by atoms with Crippen molar-refractivity contribution >= 4 is 22.9 Å². The molecule has 2 aromatic heterocycles. The van der Waals surface area contributed by atoms with Crippen molar-refractivity contribution in [2.24, 2.45) is 0 Å². The zero-order valence-corrected chi connectivity index (χ0v) is 12.6. The van der Waals surface area contributed by atoms with Crippen molar-refractivity contribution in [3.63, 3.8) is 0 Å². The Morgan fingerprint density at radius 2 is 2.25 bits per heavy atom. The van der Waals surface area contributed by atoms with Crippen molar-refractivity contribution in [2.75, 3.05) is 24.6 Å². The molecule has 0 radical (unpaired) electrons. The number of anilines is 1. The van der Waals surface area contributed by atoms with E-state index < -0.39 is 18.8 Å². The lowest BCUT2D eigenvalue weighted by atomic mass is 10.3. The van der Waals surface area contributed by atoms with Crippen LogP contribution in [-0.4, -0.2) is 63.2 Å². The van der Waals surface area contributed by atoms with Crippen LogP contribution in [0.1, 0.15) is 13.3 Å². The standard InChI is InChI=1S/C12H14F3N7O2/c1-6(23)16-7-2-3-22(4-7)10-8-9(20-21-19-8)17-11(18-10)24-5-12(13,14)15/h7H,2-5H2,1H3,(H,16,23)(H,17,18,19,20,21). The number of rotatable bonds is 4. The van der Waals surface area contributed by atoms with Crippen LogP contribution in [0.15, 0.2) is 0 Å². The van der Waals surface area contributed by atoms with Gasteiger partial charge < -0.3 is 15.0 Å². The van der Waals surface area contributed by atoms with Crippen LogP contribution < -0.4 is 15.0 Å². The minimum Gasteiger partial charge on any atom is -0.454 e. The van der Waals surface area contributed by atoms with Gasteiger partial charge in [0.05, 0.1) is 0 Å². The first-order valence-corrected chi connectivity index (χ1v) is 7.12. The van der Waals surface area contributed by atoms with E-state index in [4.69, 9.17) is 0 Å². The molecule has 1 fully saturated rings. The Labute approximate surface area is 133 Å². The predicted molar refractivity (Wildman–Crippen MR) is 75.5 cm³/mol. The van der Waals surface area contributed by atoms with Gasteiger partial charge in [0.25, 0.3) is 0 Å². The average molecular weight is 345 g/mol. The monoisotopic (exact) mass is 345 g/mol. The van der Waals surface area contributed by atoms with Gasteiger partial charge in [-0.3, -0.25) is 4.79 Å². The van der Waals surface area contributed by atoms with Gasteiger partial charge >= 0.3 is 12.2 Å². The minimum atomic E-state index is -4.49. The first-order chi connectivity index (χ1) is 11.3. The number of aromatic amines is 1. The molecule has 1 saturated heterocycles. The van der Waals surface area contributed by atoms with E-state index in [0.717, 1.165) is 0 Å². The number of nitrogens with one attached hydrogen (secondary N) is 2. The summed E-state index contributed by atoms with van der Waals surface area (Å²) in [6, 6.07) is -0.484. The number of ether oxygens (including phenoxy) is 1. The maximum absolute atomic E-state index is 12.3. The van der Waals surface area contributed by atoms with E-state index in [1.165, 1.54) is 6.92 Å². The molecular weight excluding hydrogens is 331 g/mol. The fraction of sp³-hybridized carbons (Fsp3) is 0.583. The maximum Gasteiger partial charge on any atom is 0.422 e. The largest absolute Gasteiger partial charge is 0.454 e. The number of amides is 1. The summed E-state index contributed by atoms with van der Waals surface area (Å²) in [4.78, 5) is 20.8. The second-order valence-electron chi connectivity index (χ2n) is 5.37. The summed E-state index contributed by atoms with van der Waals surface area (Å²) < 4.78 is 41.5. The van der Waals surface area contributed by atoms with E-state index >= 15 is 0 Å². The number of aromatic nitrogens is 5. The molecule has 3 rings (SSSR count). The zero-order chi connectivity index (χ0) is 17.3. The quantitative estimate of drug-likeness (QED) is 0.826. The molecule has 1 amide bonds. The van der Waals surface area contributed by atoms with Crippen LogP contribution in [0.4, 0.5) is 19.0 Å². The molecule has 1 unspecified atom stereocenters. The van der Waals surface area contributed by atoms with E-state index in [9.17, 15) is 18.0 Å². The second kappa shape index (κ2) is 6.09. The molecule has 2 aromatic rings. The highest BCUT2D eigenvalue weighted by atomic mass is 19.4. The number of alkyl halides is 3. The molecule has 3 heterocycles. The lowest BCUT2D eigenvalue weighted by molar-refractivity contribution is -0.154. The third kappa shape index (κ3) is 3.63. The summed E-state index contributed by atoms with van der Waals surface area (Å²) in [7, 11) is 0. The van der Waals surface area contributed by atoms with Crippen LogP contribution in [0, 0.1) is 0 Å². The molecule has 12 heteroatoms. The van der Waals surface area contributed by atoms with Gasteiger partial charge in [-0.05, 0) is 6.42 Å². The van der Waals surface area contributed by atoms with Crippen molar-refractivity contribution in [3.05, 3.63) is 0 Å². The summed E-state index contributed by atoms with van der Waals surface area (Å²) in [5, 5.41) is 12.8. The molecule has 0 saturated carbocycles. The number of hydrogen-bond donors (Lipinski definition) is 2. The molecule has 130 valence electrons. The Bertz CT molecular complexity index is 748. The number of H-pyrrole nitrogens is 1. The summed E-state index contributed by atoms with van der Waals surface area (Å²) >= 11 is 0. The third-order valence-electron chi connectivity index (χ3n) is 3.41. The molecule has 2 N–H and O–H groups in total. The van der Waals surface area contributed by atoms with Gasteiger partial charge in [0.15, 0.2) is 23.6 Å². The second-order valence-corrected chi connectivity index (χ2v) is 5.37. The van der Waals surface area contributed by atoms with Gasteiger partial charge in [-0.25, -0.2) is 5.10 Å². The lowest BCUT2D eigenvalue weighted by Crippen LogP contribution is -2.35. The third-order valence-corrected chi connectivity index (χ3v) is 3.41. The average Bonchev–Trinajstić information content (AvgIpc) is 3.11. The number of halogens is 3. The fourth-order valence-electron chi connectivity index (χ4n) is 2.50. The van der Waals surface area contributed by atoms with Gasteiger partial charge in [-0.15, -0.1) is 5.10 Å². The van der Waals surface area contributed by atoms with Crippen LogP contribution >= 0.6 is 0 Å². The molecule has 1 atom stereocenters. The van der Waals surface area contributed by atoms with Crippen LogP contribution in [0.3, 0.4) is 0 Å². The Morgan fingerprint density at radius 1 is 1.46 bits per heavy atom. The molecule has 0 aromatic carbocycles. The highest BCUT2D eigenvalue weighted by molar-refractivity contribution is 5.83. The molecule has 0 spiro atoms. The Balaban J connectivity index is 1.84. The summed E-state index contributed by atoms with van der Waals surface area (Å²) in [5.74, 6) is 0.170. The van der Waals surface area contributed by atoms with E-state index in [1.54, 1.807) is 4.90 Å². The van der Waals surface area contributed by atoms with Gasteiger partial charge in [0, 0.05) is 26.1 Å². The Morgan fingerprint density at radius 3 is 2.96 bits per heavy atom. The number of hydrogen-bond acceptors (Lipinski definition) is 7. The minimum absolute atomic E-state index is 0.0704. The van der Waals surface area contributed by atoms with E-state index in [-0.39, 0.29) is 17.6 Å². The molecule has 9 nitrogen and oxygen atoms in total. The summed E-state index contributed by atoms with van der Waals surface area (Å²) in [5.41, 5.74) is 0.512. The van der Waals surface area contributed by atoms with Crippen LogP contribution in [0.5, 0.6) is 6.01 Å². The first kappa shape index (κ1) is 16.2. The lowest BCUT2D eigenvalue weighted by Gasteiger charge is -2.18. The van der Waals surface area contributed by atoms with E-state index in [2.05, 4.69) is 35.4 Å². The zero-order valence-electron chi connectivity index (χ0n) is 12.6.